The molecule has 0 spiro atoms. The number of hydrogen-bond acceptors (Lipinski definition) is 4. The van der Waals surface area contributed by atoms with E-state index in [0.717, 1.165) is 36.4 Å². The smallest absolute Gasteiger partial charge is 0.228 e. The first kappa shape index (κ1) is 30.6. The maximum absolute atomic E-state index is 13.8. The highest BCUT2D eigenvalue weighted by molar-refractivity contribution is 6.32. The van der Waals surface area contributed by atoms with Gasteiger partial charge in [-0.25, -0.2) is 9.38 Å². The number of nitrogens with one attached hydrogen (secondary N) is 1. The molecule has 5 nitrogen and oxygen atoms in total. The molecular weight excluding hydrogens is 511 g/mol. The van der Waals surface area contributed by atoms with Crippen molar-refractivity contribution in [1.29, 1.82) is 0 Å². The third-order valence-corrected chi connectivity index (χ3v) is 7.38. The molecule has 0 radical (unpaired) electrons. The Labute approximate surface area is 238 Å². The normalized spacial score (nSPS) is 23.1. The number of aliphatic imine (C=N–C) groups is 2. The van der Waals surface area contributed by atoms with Gasteiger partial charge in [0.25, 0.3) is 0 Å². The Kier molecular flexibility index (Phi) is 10.9. The van der Waals surface area contributed by atoms with E-state index in [4.69, 9.17) is 11.6 Å². The van der Waals surface area contributed by atoms with Crippen molar-refractivity contribution in [3.8, 4) is 0 Å². The molecule has 7 heteroatoms. The number of rotatable bonds is 8. The average molecular weight is 553 g/mol. The number of carbonyl (C=O) groups excluding carboxylic acids is 1. The van der Waals surface area contributed by atoms with Gasteiger partial charge in [0, 0.05) is 56.0 Å². The van der Waals surface area contributed by atoms with Crippen molar-refractivity contribution in [2.45, 2.75) is 53.4 Å². The second-order valence-corrected chi connectivity index (χ2v) is 11.6. The van der Waals surface area contributed by atoms with Crippen LogP contribution in [0, 0.1) is 17.3 Å². The van der Waals surface area contributed by atoms with Gasteiger partial charge < -0.3 is 10.2 Å². The summed E-state index contributed by atoms with van der Waals surface area (Å²) in [7, 11) is 3.78. The Hall–Kier alpha value is -2.99. The van der Waals surface area contributed by atoms with Crippen molar-refractivity contribution in [3.05, 3.63) is 82.0 Å². The number of nitrogens with zero attached hydrogens (tertiary/aromatic N) is 3. The molecule has 0 saturated heterocycles. The topological polar surface area (TPSA) is 57.1 Å². The second-order valence-electron chi connectivity index (χ2n) is 11.2. The average Bonchev–Trinajstić information content (AvgIpc) is 3.02. The van der Waals surface area contributed by atoms with Gasteiger partial charge in [0.15, 0.2) is 0 Å². The van der Waals surface area contributed by atoms with Gasteiger partial charge in [0.2, 0.25) is 5.91 Å². The molecule has 0 aromatic heterocycles. The second kappa shape index (κ2) is 13.9. The maximum atomic E-state index is 13.8. The fourth-order valence-corrected chi connectivity index (χ4v) is 5.27. The van der Waals surface area contributed by atoms with E-state index in [1.54, 1.807) is 4.90 Å². The Morgan fingerprint density at radius 1 is 1.31 bits per heavy atom. The number of amides is 1. The van der Waals surface area contributed by atoms with Crippen molar-refractivity contribution in [1.82, 2.24) is 10.2 Å². The number of halogens is 2. The summed E-state index contributed by atoms with van der Waals surface area (Å²) in [5.74, 6) is 1.10. The summed E-state index contributed by atoms with van der Waals surface area (Å²) in [5.41, 5.74) is 3.84. The molecule has 1 N–H and O–H groups in total. The van der Waals surface area contributed by atoms with E-state index in [0.29, 0.717) is 30.5 Å². The van der Waals surface area contributed by atoms with Crippen LogP contribution in [-0.4, -0.2) is 49.9 Å². The minimum Gasteiger partial charge on any atom is -0.373 e. The summed E-state index contributed by atoms with van der Waals surface area (Å²) in [6, 6.07) is 0. The van der Waals surface area contributed by atoms with Gasteiger partial charge >= 0.3 is 0 Å². The lowest BCUT2D eigenvalue weighted by atomic mass is 9.94. The predicted octanol–water partition coefficient (Wildman–Crippen LogP) is 7.23. The molecule has 2 unspecified atom stereocenters. The zero-order chi connectivity index (χ0) is 28.6. The molecule has 3 rings (SSSR count). The minimum atomic E-state index is -0.546. The summed E-state index contributed by atoms with van der Waals surface area (Å²) >= 11 is 6.37. The van der Waals surface area contributed by atoms with E-state index >= 15 is 0 Å². The van der Waals surface area contributed by atoms with Crippen LogP contribution in [-0.2, 0) is 4.79 Å². The van der Waals surface area contributed by atoms with Crippen LogP contribution in [0.25, 0.3) is 0 Å². The Bertz CT molecular complexity index is 1210. The predicted molar refractivity (Wildman–Crippen MR) is 163 cm³/mol. The van der Waals surface area contributed by atoms with Gasteiger partial charge in [-0.1, -0.05) is 75.8 Å². The maximum Gasteiger partial charge on any atom is 0.228 e. The molecule has 3 aliphatic rings. The van der Waals surface area contributed by atoms with Crippen LogP contribution in [0.3, 0.4) is 0 Å². The summed E-state index contributed by atoms with van der Waals surface area (Å²) in [4.78, 5) is 24.2. The van der Waals surface area contributed by atoms with E-state index in [2.05, 4.69) is 46.5 Å². The molecule has 2 atom stereocenters. The fourth-order valence-electron chi connectivity index (χ4n) is 5.03. The first-order valence-electron chi connectivity index (χ1n) is 13.7. The standard InChI is InChI=1S/C32H42ClFN4O/c1-22(17-25-18-24(19-29(25)35-5)27-14-7-8-15-37-30(27)36-6)11-10-16-38(31(39)32(2,3)4)21-23-12-9-13-26(34)20-28(23)33/h7,10-15,17,20,22,24,36H,8-9,16,18-19,21H2,1-6H3/b11-10+,25-17-,35-29?. The molecule has 1 aliphatic heterocycles. The molecule has 1 heterocycles. The van der Waals surface area contributed by atoms with Gasteiger partial charge in [0.05, 0.1) is 0 Å². The van der Waals surface area contributed by atoms with E-state index in [9.17, 15) is 9.18 Å². The van der Waals surface area contributed by atoms with Crippen molar-refractivity contribution in [2.75, 3.05) is 27.2 Å². The zero-order valence-electron chi connectivity index (χ0n) is 24.1. The Balaban J connectivity index is 1.74. The van der Waals surface area contributed by atoms with Gasteiger partial charge in [0.1, 0.15) is 11.6 Å². The molecule has 1 fully saturated rings. The molecule has 210 valence electrons. The third kappa shape index (κ3) is 8.50. The van der Waals surface area contributed by atoms with Crippen molar-refractivity contribution >= 4 is 29.4 Å². The Morgan fingerprint density at radius 3 is 2.77 bits per heavy atom. The highest BCUT2D eigenvalue weighted by atomic mass is 35.5. The highest BCUT2D eigenvalue weighted by Gasteiger charge is 2.30. The van der Waals surface area contributed by atoms with E-state index in [-0.39, 0.29) is 17.7 Å². The van der Waals surface area contributed by atoms with Gasteiger partial charge in [-0.05, 0) is 60.0 Å². The van der Waals surface area contributed by atoms with Crippen LogP contribution in [0.2, 0.25) is 0 Å². The third-order valence-electron chi connectivity index (χ3n) is 7.02. The van der Waals surface area contributed by atoms with Gasteiger partial charge in [-0.15, -0.1) is 0 Å². The monoisotopic (exact) mass is 552 g/mol. The molecule has 2 aliphatic carbocycles. The summed E-state index contributed by atoms with van der Waals surface area (Å²) in [6.07, 6.45) is 20.5. The van der Waals surface area contributed by atoms with Crippen LogP contribution in [0.4, 0.5) is 4.39 Å². The highest BCUT2D eigenvalue weighted by Crippen LogP contribution is 2.36. The quantitative estimate of drug-likeness (QED) is 0.323. The molecule has 0 aromatic carbocycles. The van der Waals surface area contributed by atoms with Crippen LogP contribution in [0.5, 0.6) is 0 Å². The summed E-state index contributed by atoms with van der Waals surface area (Å²) < 4.78 is 13.8. The fraction of sp³-hybridized carbons (Fsp3) is 0.469. The molecule has 1 amide bonds. The first-order chi connectivity index (χ1) is 18.5. The van der Waals surface area contributed by atoms with Crippen LogP contribution >= 0.6 is 11.6 Å². The lowest BCUT2D eigenvalue weighted by Crippen LogP contribution is -2.40. The van der Waals surface area contributed by atoms with Gasteiger partial charge in [-0.2, -0.15) is 0 Å². The molecule has 39 heavy (non-hydrogen) atoms. The zero-order valence-corrected chi connectivity index (χ0v) is 24.9. The first-order valence-corrected chi connectivity index (χ1v) is 14.1. The van der Waals surface area contributed by atoms with Crippen LogP contribution in [0.1, 0.15) is 53.4 Å². The number of carbonyl (C=O) groups is 1. The van der Waals surface area contributed by atoms with Crippen molar-refractivity contribution in [3.63, 3.8) is 0 Å². The number of allylic oxidation sites excluding steroid dienone is 10. The van der Waals surface area contributed by atoms with Crippen molar-refractivity contribution < 1.29 is 9.18 Å². The molecule has 0 bridgehead atoms. The van der Waals surface area contributed by atoms with Gasteiger partial charge in [-0.3, -0.25) is 9.79 Å². The van der Waals surface area contributed by atoms with E-state index in [1.807, 2.05) is 53.2 Å². The Morgan fingerprint density at radius 2 is 2.08 bits per heavy atom. The SMILES string of the molecule is CN=C1CC(C2=C(NC)N=CCC=C2)C/C1=C/C(C)/C=C/CN(CC1=CCC=C(F)C=C1Cl)C(=O)C(C)(C)C. The molecular formula is C32H42ClFN4O. The van der Waals surface area contributed by atoms with Crippen LogP contribution < -0.4 is 5.32 Å². The lowest BCUT2D eigenvalue weighted by molar-refractivity contribution is -0.138. The molecule has 0 aromatic rings. The molecule has 1 saturated carbocycles. The summed E-state index contributed by atoms with van der Waals surface area (Å²) in [5, 5.41) is 3.58. The summed E-state index contributed by atoms with van der Waals surface area (Å²) in [6.45, 7) is 8.65. The van der Waals surface area contributed by atoms with E-state index < -0.39 is 5.41 Å². The van der Waals surface area contributed by atoms with Crippen LogP contribution in [0.15, 0.2) is 92.0 Å². The lowest BCUT2D eigenvalue weighted by Gasteiger charge is -2.29. The largest absolute Gasteiger partial charge is 0.373 e. The number of hydrogen-bond donors (Lipinski definition) is 1. The van der Waals surface area contributed by atoms with E-state index in [1.165, 1.54) is 23.3 Å². The minimum absolute atomic E-state index is 0.0213. The van der Waals surface area contributed by atoms with Crippen molar-refractivity contribution in [2.24, 2.45) is 27.2 Å².